The van der Waals surface area contributed by atoms with Gasteiger partial charge in [0.15, 0.2) is 11.2 Å². The standard InChI is InChI=1S/C20H21FN4O2/c1-3-9-23-18-17(19(26)24(10-4-2)20(23)27)25-12-14(11-16(25)22-18)13-5-7-15(21)8-6-13/h5-8,11H,3-4,9-10,12H2,1-2H3. The van der Waals surface area contributed by atoms with Gasteiger partial charge in [-0.15, -0.1) is 0 Å². The molecule has 0 spiro atoms. The summed E-state index contributed by atoms with van der Waals surface area (Å²) in [6, 6.07) is 6.28. The summed E-state index contributed by atoms with van der Waals surface area (Å²) in [5, 5.41) is 0. The molecule has 6 nitrogen and oxygen atoms in total. The number of aryl methyl sites for hydroxylation is 1. The number of rotatable bonds is 5. The quantitative estimate of drug-likeness (QED) is 0.696. The fraction of sp³-hybridized carbons (Fsp3) is 0.350. The lowest BCUT2D eigenvalue weighted by Crippen LogP contribution is -2.40. The minimum atomic E-state index is -0.296. The molecule has 0 saturated heterocycles. The summed E-state index contributed by atoms with van der Waals surface area (Å²) in [6.07, 6.45) is 3.38. The van der Waals surface area contributed by atoms with Crippen molar-refractivity contribution in [2.24, 2.45) is 0 Å². The van der Waals surface area contributed by atoms with E-state index in [1.807, 2.05) is 24.5 Å². The Morgan fingerprint density at radius 1 is 1.04 bits per heavy atom. The van der Waals surface area contributed by atoms with E-state index in [0.29, 0.717) is 43.0 Å². The molecule has 140 valence electrons. The summed E-state index contributed by atoms with van der Waals surface area (Å²) in [5.74, 6) is 0.367. The zero-order valence-electron chi connectivity index (χ0n) is 15.4. The third-order valence-corrected chi connectivity index (χ3v) is 4.89. The van der Waals surface area contributed by atoms with Gasteiger partial charge in [0.2, 0.25) is 0 Å². The van der Waals surface area contributed by atoms with Crippen molar-refractivity contribution in [3.63, 3.8) is 0 Å². The summed E-state index contributed by atoms with van der Waals surface area (Å²) in [7, 11) is 0. The van der Waals surface area contributed by atoms with Crippen molar-refractivity contribution in [2.45, 2.75) is 46.3 Å². The van der Waals surface area contributed by atoms with Crippen LogP contribution in [0.4, 0.5) is 4.39 Å². The van der Waals surface area contributed by atoms with Gasteiger partial charge in [0.05, 0.1) is 6.54 Å². The van der Waals surface area contributed by atoms with Crippen molar-refractivity contribution >= 4 is 22.8 Å². The zero-order chi connectivity index (χ0) is 19.1. The van der Waals surface area contributed by atoms with E-state index in [1.165, 1.54) is 16.7 Å². The van der Waals surface area contributed by atoms with Gasteiger partial charge in [0.25, 0.3) is 5.56 Å². The summed E-state index contributed by atoms with van der Waals surface area (Å²) in [4.78, 5) is 30.4. The first-order chi connectivity index (χ1) is 13.0. The average Bonchev–Trinajstić information content (AvgIpc) is 3.21. The zero-order valence-corrected chi connectivity index (χ0v) is 15.4. The van der Waals surface area contributed by atoms with Crippen molar-refractivity contribution in [3.8, 4) is 0 Å². The first-order valence-electron chi connectivity index (χ1n) is 9.25. The van der Waals surface area contributed by atoms with Crippen molar-refractivity contribution in [1.29, 1.82) is 0 Å². The lowest BCUT2D eigenvalue weighted by molar-refractivity contribution is 0.554. The molecule has 0 aliphatic carbocycles. The van der Waals surface area contributed by atoms with Gasteiger partial charge in [-0.2, -0.15) is 0 Å². The number of benzene rings is 1. The second-order valence-electron chi connectivity index (χ2n) is 6.80. The van der Waals surface area contributed by atoms with Crippen molar-refractivity contribution < 1.29 is 4.39 Å². The summed E-state index contributed by atoms with van der Waals surface area (Å²) in [6.45, 7) is 5.31. The van der Waals surface area contributed by atoms with Crippen LogP contribution in [0.15, 0.2) is 33.9 Å². The van der Waals surface area contributed by atoms with Crippen LogP contribution in [0.1, 0.15) is 38.1 Å². The molecule has 7 heteroatoms. The maximum absolute atomic E-state index is 13.2. The molecule has 1 aliphatic rings. The third kappa shape index (κ3) is 2.74. The lowest BCUT2D eigenvalue weighted by Gasteiger charge is -2.11. The Hall–Kier alpha value is -2.96. The number of nitrogens with zero attached hydrogens (tertiary/aromatic N) is 4. The molecule has 4 rings (SSSR count). The second kappa shape index (κ2) is 6.64. The van der Waals surface area contributed by atoms with Crippen LogP contribution in [0.3, 0.4) is 0 Å². The first kappa shape index (κ1) is 17.5. The summed E-state index contributed by atoms with van der Waals surface area (Å²) in [5.41, 5.74) is 2.18. The number of aromatic nitrogens is 4. The van der Waals surface area contributed by atoms with Crippen molar-refractivity contribution in [3.05, 3.63) is 62.3 Å². The fourth-order valence-corrected chi connectivity index (χ4v) is 3.63. The molecule has 0 saturated carbocycles. The van der Waals surface area contributed by atoms with E-state index in [4.69, 9.17) is 0 Å². The van der Waals surface area contributed by atoms with Gasteiger partial charge in [-0.25, -0.2) is 14.2 Å². The van der Waals surface area contributed by atoms with Gasteiger partial charge in [0.1, 0.15) is 11.6 Å². The number of imidazole rings is 1. The molecule has 0 radical (unpaired) electrons. The van der Waals surface area contributed by atoms with Crippen LogP contribution in [-0.4, -0.2) is 18.7 Å². The smallest absolute Gasteiger partial charge is 0.314 e. The maximum atomic E-state index is 13.2. The van der Waals surface area contributed by atoms with Gasteiger partial charge in [-0.1, -0.05) is 26.0 Å². The molecule has 0 bridgehead atoms. The van der Waals surface area contributed by atoms with Gasteiger partial charge >= 0.3 is 5.69 Å². The summed E-state index contributed by atoms with van der Waals surface area (Å²) < 4.78 is 18.0. The molecule has 0 fully saturated rings. The Kier molecular flexibility index (Phi) is 4.30. The number of hydrogen-bond acceptors (Lipinski definition) is 3. The van der Waals surface area contributed by atoms with Gasteiger partial charge in [-0.05, 0) is 42.2 Å². The Bertz CT molecular complexity index is 1170. The predicted octanol–water partition coefficient (Wildman–Crippen LogP) is 2.87. The largest absolute Gasteiger partial charge is 0.332 e. The minimum Gasteiger partial charge on any atom is -0.314 e. The lowest BCUT2D eigenvalue weighted by atomic mass is 10.1. The van der Waals surface area contributed by atoms with E-state index < -0.39 is 0 Å². The van der Waals surface area contributed by atoms with Gasteiger partial charge < -0.3 is 4.57 Å². The normalized spacial score (nSPS) is 13.2. The monoisotopic (exact) mass is 368 g/mol. The summed E-state index contributed by atoms with van der Waals surface area (Å²) >= 11 is 0. The third-order valence-electron chi connectivity index (χ3n) is 4.89. The molecule has 0 amide bonds. The first-order valence-corrected chi connectivity index (χ1v) is 9.25. The van der Waals surface area contributed by atoms with Crippen LogP contribution < -0.4 is 11.2 Å². The highest BCUT2D eigenvalue weighted by Crippen LogP contribution is 2.29. The van der Waals surface area contributed by atoms with Crippen LogP contribution >= 0.6 is 0 Å². The molecule has 0 atom stereocenters. The van der Waals surface area contributed by atoms with Crippen molar-refractivity contribution in [1.82, 2.24) is 18.7 Å². The van der Waals surface area contributed by atoms with E-state index in [9.17, 15) is 14.0 Å². The maximum Gasteiger partial charge on any atom is 0.332 e. The molecule has 27 heavy (non-hydrogen) atoms. The molecule has 1 aromatic carbocycles. The van der Waals surface area contributed by atoms with Crippen LogP contribution in [-0.2, 0) is 19.6 Å². The molecule has 3 aromatic rings. The number of allylic oxidation sites excluding steroid dienone is 1. The van der Waals surface area contributed by atoms with E-state index in [2.05, 4.69) is 4.98 Å². The number of halogens is 1. The van der Waals surface area contributed by atoms with Crippen LogP contribution in [0.5, 0.6) is 0 Å². The van der Waals surface area contributed by atoms with Gasteiger partial charge in [0, 0.05) is 13.1 Å². The van der Waals surface area contributed by atoms with Crippen molar-refractivity contribution in [2.75, 3.05) is 0 Å². The highest BCUT2D eigenvalue weighted by Gasteiger charge is 2.24. The number of hydrogen-bond donors (Lipinski definition) is 0. The molecular weight excluding hydrogens is 347 g/mol. The highest BCUT2D eigenvalue weighted by atomic mass is 19.1. The van der Waals surface area contributed by atoms with E-state index >= 15 is 0 Å². The fourth-order valence-electron chi connectivity index (χ4n) is 3.63. The Morgan fingerprint density at radius 3 is 2.37 bits per heavy atom. The molecule has 0 unspecified atom stereocenters. The average molecular weight is 368 g/mol. The van der Waals surface area contributed by atoms with Crippen LogP contribution in [0.25, 0.3) is 22.8 Å². The topological polar surface area (TPSA) is 61.8 Å². The highest BCUT2D eigenvalue weighted by molar-refractivity contribution is 5.87. The predicted molar refractivity (Wildman–Crippen MR) is 103 cm³/mol. The van der Waals surface area contributed by atoms with E-state index in [0.717, 1.165) is 17.6 Å². The molecular formula is C20H21FN4O2. The molecule has 2 aromatic heterocycles. The Labute approximate surface area is 155 Å². The Morgan fingerprint density at radius 2 is 1.70 bits per heavy atom. The van der Waals surface area contributed by atoms with E-state index in [-0.39, 0.29) is 17.1 Å². The molecule has 3 heterocycles. The van der Waals surface area contributed by atoms with E-state index in [1.54, 1.807) is 16.7 Å². The van der Waals surface area contributed by atoms with Gasteiger partial charge in [-0.3, -0.25) is 13.9 Å². The number of fused-ring (bicyclic) bond motifs is 3. The SMILES string of the molecule is CCCn1c(=O)c2c(nc3n2CC(c2ccc(F)cc2)=C3)n(CCC)c1=O. The second-order valence-corrected chi connectivity index (χ2v) is 6.80. The molecule has 0 N–H and O–H groups in total. The molecule has 1 aliphatic heterocycles. The van der Waals surface area contributed by atoms with Crippen LogP contribution in [0, 0.1) is 5.82 Å². The minimum absolute atomic E-state index is 0.286. The Balaban J connectivity index is 1.91. The van der Waals surface area contributed by atoms with Crippen LogP contribution in [0.2, 0.25) is 0 Å².